The number of nitrogen functional groups attached to an aromatic ring is 1. The Balaban J connectivity index is 2.25. The summed E-state index contributed by atoms with van der Waals surface area (Å²) < 4.78 is 12.3. The van der Waals surface area contributed by atoms with Gasteiger partial charge in [-0.25, -0.2) is 0 Å². The van der Waals surface area contributed by atoms with Crippen molar-refractivity contribution in [2.45, 2.75) is 24.5 Å². The summed E-state index contributed by atoms with van der Waals surface area (Å²) >= 11 is 0. The number of hydrogen-bond acceptors (Lipinski definition) is 3. The molecule has 2 N–H and O–H groups in total. The summed E-state index contributed by atoms with van der Waals surface area (Å²) in [5, 5.41) is 0. The smallest absolute Gasteiger partial charge is 0.0578 e. The van der Waals surface area contributed by atoms with E-state index in [2.05, 4.69) is 4.98 Å². The SMILES string of the molecule is Cc1cncc(CS(=O)c2cccc(N)c2C)c1. The fourth-order valence-corrected chi connectivity index (χ4v) is 3.11. The molecule has 0 fully saturated rings. The second-order valence-corrected chi connectivity index (χ2v) is 5.75. The second-order valence-electron chi connectivity index (χ2n) is 4.33. The van der Waals surface area contributed by atoms with E-state index in [0.717, 1.165) is 21.6 Å². The summed E-state index contributed by atoms with van der Waals surface area (Å²) in [4.78, 5) is 4.91. The number of pyridine rings is 1. The highest BCUT2D eigenvalue weighted by molar-refractivity contribution is 7.84. The van der Waals surface area contributed by atoms with Gasteiger partial charge in [-0.1, -0.05) is 12.1 Å². The van der Waals surface area contributed by atoms with Gasteiger partial charge in [0, 0.05) is 23.0 Å². The molecule has 0 saturated heterocycles. The van der Waals surface area contributed by atoms with Gasteiger partial charge in [-0.3, -0.25) is 9.19 Å². The lowest BCUT2D eigenvalue weighted by atomic mass is 10.2. The van der Waals surface area contributed by atoms with Crippen molar-refractivity contribution in [1.82, 2.24) is 4.98 Å². The molecule has 0 amide bonds. The number of rotatable bonds is 3. The molecule has 0 bridgehead atoms. The number of nitrogens with two attached hydrogens (primary N) is 1. The van der Waals surface area contributed by atoms with Gasteiger partial charge in [-0.2, -0.15) is 0 Å². The predicted octanol–water partition coefficient (Wildman–Crippen LogP) is 2.59. The maximum atomic E-state index is 12.3. The summed E-state index contributed by atoms with van der Waals surface area (Å²) in [5.74, 6) is 0.471. The molecule has 1 heterocycles. The molecule has 1 unspecified atom stereocenters. The minimum Gasteiger partial charge on any atom is -0.398 e. The molecule has 4 heteroatoms. The van der Waals surface area contributed by atoms with Crippen LogP contribution in [0.4, 0.5) is 5.69 Å². The van der Waals surface area contributed by atoms with Crippen molar-refractivity contribution in [2.24, 2.45) is 0 Å². The minimum atomic E-state index is -1.08. The summed E-state index contributed by atoms with van der Waals surface area (Å²) in [5.41, 5.74) is 9.47. The van der Waals surface area contributed by atoms with Gasteiger partial charge >= 0.3 is 0 Å². The third-order valence-corrected chi connectivity index (χ3v) is 4.33. The largest absolute Gasteiger partial charge is 0.398 e. The molecule has 2 aromatic rings. The van der Waals surface area contributed by atoms with Crippen molar-refractivity contribution < 1.29 is 4.21 Å². The fraction of sp³-hybridized carbons (Fsp3) is 0.214. The van der Waals surface area contributed by atoms with Gasteiger partial charge in [0.25, 0.3) is 0 Å². The molecule has 0 saturated carbocycles. The van der Waals surface area contributed by atoms with E-state index < -0.39 is 10.8 Å². The van der Waals surface area contributed by atoms with Gasteiger partial charge in [0.15, 0.2) is 0 Å². The van der Waals surface area contributed by atoms with E-state index in [9.17, 15) is 4.21 Å². The Labute approximate surface area is 110 Å². The van der Waals surface area contributed by atoms with Crippen LogP contribution in [0.3, 0.4) is 0 Å². The first-order chi connectivity index (χ1) is 8.58. The molecular formula is C14H16N2OS. The first-order valence-corrected chi connectivity index (χ1v) is 7.04. The van der Waals surface area contributed by atoms with Gasteiger partial charge in [-0.05, 0) is 42.7 Å². The molecule has 94 valence electrons. The van der Waals surface area contributed by atoms with E-state index in [0.29, 0.717) is 11.4 Å². The molecule has 1 aromatic carbocycles. The van der Waals surface area contributed by atoms with E-state index in [4.69, 9.17) is 5.73 Å². The molecule has 2 rings (SSSR count). The van der Waals surface area contributed by atoms with Crippen molar-refractivity contribution in [3.8, 4) is 0 Å². The van der Waals surface area contributed by atoms with Crippen molar-refractivity contribution >= 4 is 16.5 Å². The topological polar surface area (TPSA) is 56.0 Å². The Hall–Kier alpha value is -1.68. The van der Waals surface area contributed by atoms with Gasteiger partial charge < -0.3 is 5.73 Å². The first kappa shape index (κ1) is 12.8. The second kappa shape index (κ2) is 5.31. The van der Waals surface area contributed by atoms with Crippen LogP contribution in [0.25, 0.3) is 0 Å². The summed E-state index contributed by atoms with van der Waals surface area (Å²) in [6, 6.07) is 7.53. The van der Waals surface area contributed by atoms with E-state index in [1.807, 2.05) is 38.1 Å². The van der Waals surface area contributed by atoms with Crippen molar-refractivity contribution in [2.75, 3.05) is 5.73 Å². The molecule has 0 aliphatic rings. The average Bonchev–Trinajstić information content (AvgIpc) is 2.32. The summed E-state index contributed by atoms with van der Waals surface area (Å²) in [7, 11) is -1.08. The van der Waals surface area contributed by atoms with Crippen molar-refractivity contribution in [3.63, 3.8) is 0 Å². The molecule has 0 aliphatic carbocycles. The minimum absolute atomic E-state index is 0.471. The first-order valence-electron chi connectivity index (χ1n) is 5.72. The third kappa shape index (κ3) is 2.76. The van der Waals surface area contributed by atoms with Crippen LogP contribution in [0.5, 0.6) is 0 Å². The number of aryl methyl sites for hydroxylation is 1. The van der Waals surface area contributed by atoms with Crippen LogP contribution >= 0.6 is 0 Å². The lowest BCUT2D eigenvalue weighted by Gasteiger charge is -2.08. The molecule has 0 aliphatic heterocycles. The van der Waals surface area contributed by atoms with Crippen LogP contribution < -0.4 is 5.73 Å². The zero-order valence-corrected chi connectivity index (χ0v) is 11.3. The van der Waals surface area contributed by atoms with Crippen LogP contribution in [-0.2, 0) is 16.6 Å². The molecule has 0 spiro atoms. The monoisotopic (exact) mass is 260 g/mol. The Bertz CT molecular complexity index is 596. The van der Waals surface area contributed by atoms with Gasteiger partial charge in [-0.15, -0.1) is 0 Å². The fourth-order valence-electron chi connectivity index (χ4n) is 1.80. The number of hydrogen-bond donors (Lipinski definition) is 1. The Morgan fingerprint density at radius 3 is 2.78 bits per heavy atom. The summed E-state index contributed by atoms with van der Waals surface area (Å²) in [6.07, 6.45) is 3.55. The van der Waals surface area contributed by atoms with Crippen LogP contribution in [0.2, 0.25) is 0 Å². The van der Waals surface area contributed by atoms with Crippen LogP contribution in [-0.4, -0.2) is 9.19 Å². The highest BCUT2D eigenvalue weighted by Crippen LogP contribution is 2.21. The van der Waals surface area contributed by atoms with Crippen LogP contribution in [0.1, 0.15) is 16.7 Å². The highest BCUT2D eigenvalue weighted by Gasteiger charge is 2.10. The zero-order chi connectivity index (χ0) is 13.1. The van der Waals surface area contributed by atoms with E-state index in [1.165, 1.54) is 0 Å². The molecule has 3 nitrogen and oxygen atoms in total. The number of aromatic nitrogens is 1. The maximum absolute atomic E-state index is 12.3. The van der Waals surface area contributed by atoms with Crippen molar-refractivity contribution in [1.29, 1.82) is 0 Å². The molecular weight excluding hydrogens is 244 g/mol. The normalized spacial score (nSPS) is 12.3. The quantitative estimate of drug-likeness (QED) is 0.863. The van der Waals surface area contributed by atoms with Gasteiger partial charge in [0.1, 0.15) is 0 Å². The Morgan fingerprint density at radius 1 is 1.28 bits per heavy atom. The predicted molar refractivity (Wildman–Crippen MR) is 74.7 cm³/mol. The van der Waals surface area contributed by atoms with Crippen LogP contribution in [0.15, 0.2) is 41.6 Å². The third-order valence-electron chi connectivity index (χ3n) is 2.80. The molecule has 1 aromatic heterocycles. The molecule has 0 radical (unpaired) electrons. The number of benzene rings is 1. The van der Waals surface area contributed by atoms with E-state index in [-0.39, 0.29) is 0 Å². The average molecular weight is 260 g/mol. The summed E-state index contributed by atoms with van der Waals surface area (Å²) in [6.45, 7) is 3.88. The van der Waals surface area contributed by atoms with Crippen LogP contribution in [0, 0.1) is 13.8 Å². The highest BCUT2D eigenvalue weighted by atomic mass is 32.2. The lowest BCUT2D eigenvalue weighted by Crippen LogP contribution is -2.01. The standard InChI is InChI=1S/C14H16N2OS/c1-10-6-12(8-16-7-10)9-18(17)14-5-3-4-13(15)11(14)2/h3-8H,9,15H2,1-2H3. The van der Waals surface area contributed by atoms with E-state index >= 15 is 0 Å². The number of anilines is 1. The van der Waals surface area contributed by atoms with Crippen molar-refractivity contribution in [3.05, 3.63) is 53.3 Å². The molecule has 1 atom stereocenters. The zero-order valence-electron chi connectivity index (χ0n) is 10.5. The van der Waals surface area contributed by atoms with Gasteiger partial charge in [0.2, 0.25) is 0 Å². The van der Waals surface area contributed by atoms with Gasteiger partial charge in [0.05, 0.1) is 16.6 Å². The Kier molecular flexibility index (Phi) is 3.77. The van der Waals surface area contributed by atoms with E-state index in [1.54, 1.807) is 12.4 Å². The Morgan fingerprint density at radius 2 is 2.06 bits per heavy atom. The maximum Gasteiger partial charge on any atom is 0.0578 e. The molecule has 18 heavy (non-hydrogen) atoms. The lowest BCUT2D eigenvalue weighted by molar-refractivity contribution is 0.682. The number of nitrogens with zero attached hydrogens (tertiary/aromatic N) is 1.